The maximum absolute atomic E-state index is 13.0. The van der Waals surface area contributed by atoms with Gasteiger partial charge in [0.05, 0.1) is 0 Å². The standard InChI is InChI=1S/C14H14F2O4/c1-13(2,3)19-11(17)8-7-9-5-4-6-10-12(9)20-14(15,16)18-10/h4-8H,1-3H3/b8-7+. The van der Waals surface area contributed by atoms with Gasteiger partial charge >= 0.3 is 12.3 Å². The fourth-order valence-electron chi connectivity index (χ4n) is 1.61. The van der Waals surface area contributed by atoms with E-state index in [-0.39, 0.29) is 11.5 Å². The lowest BCUT2D eigenvalue weighted by Crippen LogP contribution is -2.26. The van der Waals surface area contributed by atoms with Crippen LogP contribution in [0.2, 0.25) is 0 Å². The lowest BCUT2D eigenvalue weighted by Gasteiger charge is -2.17. The second-order valence-electron chi connectivity index (χ2n) is 5.21. The van der Waals surface area contributed by atoms with E-state index in [1.807, 2.05) is 0 Å². The Morgan fingerprint density at radius 2 is 2.00 bits per heavy atom. The molecule has 0 aliphatic carbocycles. The lowest BCUT2D eigenvalue weighted by atomic mass is 10.1. The molecule has 6 heteroatoms. The third-order valence-electron chi connectivity index (χ3n) is 2.26. The van der Waals surface area contributed by atoms with E-state index in [0.29, 0.717) is 5.56 Å². The van der Waals surface area contributed by atoms with E-state index in [9.17, 15) is 13.6 Å². The number of esters is 1. The number of para-hydroxylation sites is 1. The molecule has 1 heterocycles. The van der Waals surface area contributed by atoms with Crippen LogP contribution in [0.25, 0.3) is 6.08 Å². The molecule has 0 saturated heterocycles. The molecular formula is C14H14F2O4. The number of hydrogen-bond acceptors (Lipinski definition) is 4. The number of hydrogen-bond donors (Lipinski definition) is 0. The van der Waals surface area contributed by atoms with Crippen LogP contribution in [-0.4, -0.2) is 17.9 Å². The van der Waals surface area contributed by atoms with Crippen molar-refractivity contribution in [1.29, 1.82) is 0 Å². The first-order chi connectivity index (χ1) is 9.16. The molecule has 0 saturated carbocycles. The van der Waals surface area contributed by atoms with Gasteiger partial charge in [-0.05, 0) is 32.9 Å². The Balaban J connectivity index is 2.17. The zero-order valence-corrected chi connectivity index (χ0v) is 11.3. The van der Waals surface area contributed by atoms with Crippen LogP contribution in [0.1, 0.15) is 26.3 Å². The Bertz CT molecular complexity index is 559. The molecular weight excluding hydrogens is 270 g/mol. The topological polar surface area (TPSA) is 44.8 Å². The molecule has 0 bridgehead atoms. The molecule has 0 spiro atoms. The first-order valence-electron chi connectivity index (χ1n) is 5.96. The van der Waals surface area contributed by atoms with E-state index in [1.165, 1.54) is 24.3 Å². The minimum atomic E-state index is -3.68. The summed E-state index contributed by atoms with van der Waals surface area (Å²) in [5, 5.41) is 0. The summed E-state index contributed by atoms with van der Waals surface area (Å²) in [7, 11) is 0. The van der Waals surface area contributed by atoms with Crippen molar-refractivity contribution < 1.29 is 27.8 Å². The predicted molar refractivity (Wildman–Crippen MR) is 67.5 cm³/mol. The molecule has 2 rings (SSSR count). The van der Waals surface area contributed by atoms with Crippen molar-refractivity contribution in [2.75, 3.05) is 0 Å². The van der Waals surface area contributed by atoms with Gasteiger partial charge < -0.3 is 14.2 Å². The minimum absolute atomic E-state index is 0.0682. The molecule has 0 radical (unpaired) electrons. The zero-order valence-electron chi connectivity index (χ0n) is 11.3. The van der Waals surface area contributed by atoms with Gasteiger partial charge in [-0.2, -0.15) is 0 Å². The Hall–Kier alpha value is -2.11. The molecule has 108 valence electrons. The normalized spacial score (nSPS) is 16.4. The van der Waals surface area contributed by atoms with E-state index >= 15 is 0 Å². The Morgan fingerprint density at radius 1 is 1.30 bits per heavy atom. The molecule has 1 aromatic carbocycles. The molecule has 1 aromatic rings. The van der Waals surface area contributed by atoms with Crippen molar-refractivity contribution >= 4 is 12.0 Å². The summed E-state index contributed by atoms with van der Waals surface area (Å²) in [6, 6.07) is 4.42. The summed E-state index contributed by atoms with van der Waals surface area (Å²) < 4.78 is 39.7. The summed E-state index contributed by atoms with van der Waals surface area (Å²) in [5.41, 5.74) is -0.308. The fraction of sp³-hybridized carbons (Fsp3) is 0.357. The number of carbonyl (C=O) groups excluding carboxylic acids is 1. The van der Waals surface area contributed by atoms with E-state index in [0.717, 1.165) is 6.08 Å². The summed E-state index contributed by atoms with van der Waals surface area (Å²) in [4.78, 5) is 11.5. The SMILES string of the molecule is CC(C)(C)OC(=O)/C=C/c1cccc2c1OC(F)(F)O2. The van der Waals surface area contributed by atoms with Crippen LogP contribution in [0.4, 0.5) is 8.78 Å². The number of rotatable bonds is 2. The maximum atomic E-state index is 13.0. The summed E-state index contributed by atoms with van der Waals surface area (Å²) in [6.45, 7) is 5.20. The number of fused-ring (bicyclic) bond motifs is 1. The molecule has 0 aromatic heterocycles. The average molecular weight is 284 g/mol. The molecule has 0 amide bonds. The van der Waals surface area contributed by atoms with Crippen molar-refractivity contribution in [2.45, 2.75) is 32.7 Å². The molecule has 0 unspecified atom stereocenters. The van der Waals surface area contributed by atoms with E-state index in [2.05, 4.69) is 9.47 Å². The predicted octanol–water partition coefficient (Wildman–Crippen LogP) is 3.36. The van der Waals surface area contributed by atoms with Gasteiger partial charge in [0.15, 0.2) is 11.5 Å². The lowest BCUT2D eigenvalue weighted by molar-refractivity contribution is -0.286. The van der Waals surface area contributed by atoms with Crippen molar-refractivity contribution in [3.05, 3.63) is 29.8 Å². The second kappa shape index (κ2) is 4.77. The summed E-state index contributed by atoms with van der Waals surface area (Å²) >= 11 is 0. The van der Waals surface area contributed by atoms with Gasteiger partial charge in [-0.15, -0.1) is 8.78 Å². The van der Waals surface area contributed by atoms with Crippen LogP contribution in [0.5, 0.6) is 11.5 Å². The fourth-order valence-corrected chi connectivity index (χ4v) is 1.61. The number of benzene rings is 1. The highest BCUT2D eigenvalue weighted by Crippen LogP contribution is 2.43. The molecule has 4 nitrogen and oxygen atoms in total. The first kappa shape index (κ1) is 14.3. The Kier molecular flexibility index (Phi) is 3.41. The van der Waals surface area contributed by atoms with Crippen LogP contribution in [-0.2, 0) is 9.53 Å². The molecule has 20 heavy (non-hydrogen) atoms. The van der Waals surface area contributed by atoms with Crippen molar-refractivity contribution in [1.82, 2.24) is 0 Å². The van der Waals surface area contributed by atoms with Crippen LogP contribution in [0.15, 0.2) is 24.3 Å². The summed E-state index contributed by atoms with van der Waals surface area (Å²) in [5.74, 6) is -0.737. The van der Waals surface area contributed by atoms with Crippen LogP contribution < -0.4 is 9.47 Å². The van der Waals surface area contributed by atoms with Crippen molar-refractivity contribution in [3.63, 3.8) is 0 Å². The van der Waals surface area contributed by atoms with Gasteiger partial charge in [-0.1, -0.05) is 12.1 Å². The van der Waals surface area contributed by atoms with Gasteiger partial charge in [-0.25, -0.2) is 4.79 Å². The number of halogens is 2. The average Bonchev–Trinajstić information content (AvgIpc) is 2.58. The highest BCUT2D eigenvalue weighted by molar-refractivity contribution is 5.88. The van der Waals surface area contributed by atoms with E-state index in [1.54, 1.807) is 20.8 Å². The number of alkyl halides is 2. The number of ether oxygens (including phenoxy) is 3. The van der Waals surface area contributed by atoms with Crippen molar-refractivity contribution in [2.24, 2.45) is 0 Å². The second-order valence-corrected chi connectivity index (χ2v) is 5.21. The van der Waals surface area contributed by atoms with Gasteiger partial charge in [0.1, 0.15) is 5.60 Å². The zero-order chi connectivity index (χ0) is 15.0. The van der Waals surface area contributed by atoms with Crippen molar-refractivity contribution in [3.8, 4) is 11.5 Å². The molecule has 0 N–H and O–H groups in total. The smallest absolute Gasteiger partial charge is 0.457 e. The molecule has 0 fully saturated rings. The Labute approximate surface area is 114 Å². The minimum Gasteiger partial charge on any atom is -0.457 e. The highest BCUT2D eigenvalue weighted by Gasteiger charge is 2.44. The van der Waals surface area contributed by atoms with E-state index in [4.69, 9.17) is 4.74 Å². The monoisotopic (exact) mass is 284 g/mol. The summed E-state index contributed by atoms with van der Waals surface area (Å²) in [6.07, 6.45) is -1.18. The van der Waals surface area contributed by atoms with Gasteiger partial charge in [0, 0.05) is 11.6 Å². The van der Waals surface area contributed by atoms with Crippen LogP contribution >= 0.6 is 0 Å². The Morgan fingerprint density at radius 3 is 2.65 bits per heavy atom. The first-order valence-corrected chi connectivity index (χ1v) is 5.96. The third-order valence-corrected chi connectivity index (χ3v) is 2.26. The molecule has 1 aliphatic rings. The van der Waals surface area contributed by atoms with Gasteiger partial charge in [-0.3, -0.25) is 0 Å². The quantitative estimate of drug-likeness (QED) is 0.617. The molecule has 0 atom stereocenters. The van der Waals surface area contributed by atoms with E-state index < -0.39 is 17.9 Å². The van der Waals surface area contributed by atoms with Crippen LogP contribution in [0.3, 0.4) is 0 Å². The van der Waals surface area contributed by atoms with Gasteiger partial charge in [0.25, 0.3) is 0 Å². The number of carbonyl (C=O) groups is 1. The molecule has 1 aliphatic heterocycles. The largest absolute Gasteiger partial charge is 0.586 e. The van der Waals surface area contributed by atoms with Gasteiger partial charge in [0.2, 0.25) is 0 Å². The third kappa shape index (κ3) is 3.46. The van der Waals surface area contributed by atoms with Crippen LogP contribution in [0, 0.1) is 0 Å². The highest BCUT2D eigenvalue weighted by atomic mass is 19.3. The maximum Gasteiger partial charge on any atom is 0.586 e.